The van der Waals surface area contributed by atoms with Crippen molar-refractivity contribution in [3.05, 3.63) is 0 Å². The Morgan fingerprint density at radius 2 is 1.43 bits per heavy atom. The van der Waals surface area contributed by atoms with Gasteiger partial charge < -0.3 is 15.9 Å². The van der Waals surface area contributed by atoms with Crippen molar-refractivity contribution in [1.82, 2.24) is 0 Å². The maximum atomic E-state index is 9.99. The third-order valence-corrected chi connectivity index (χ3v) is 0.986. The molecule has 0 rings (SSSR count). The third-order valence-electron chi connectivity index (χ3n) is 0.986. The Morgan fingerprint density at radius 3 is 1.64 bits per heavy atom. The van der Waals surface area contributed by atoms with Gasteiger partial charge >= 0.3 is 130 Å². The summed E-state index contributed by atoms with van der Waals surface area (Å²) in [6, 6.07) is -1.06. The summed E-state index contributed by atoms with van der Waals surface area (Å²) in [5.74, 6) is -2.20. The second-order valence-corrected chi connectivity index (χ2v) is 1.88. The van der Waals surface area contributed by atoms with E-state index in [4.69, 9.17) is 15.9 Å². The first-order valence-corrected chi connectivity index (χ1v) is 2.74. The van der Waals surface area contributed by atoms with E-state index < -0.39 is 18.0 Å². The standard InChI is InChI=1S/C5H9NO4.4Na.4H/c6-3(5(9)10)1-2-4(7)8;;;;;;;;/h3H,1-2,6H2,(H,7,8)(H,9,10);;;;;;;;/t3-;;;;;;;;/m0......../s1. The van der Waals surface area contributed by atoms with Crippen molar-refractivity contribution in [3.63, 3.8) is 0 Å². The summed E-state index contributed by atoms with van der Waals surface area (Å²) in [7, 11) is 0. The third kappa shape index (κ3) is 20.3. The molecule has 66 valence electrons. The van der Waals surface area contributed by atoms with Crippen LogP contribution in [0.5, 0.6) is 0 Å². The fourth-order valence-corrected chi connectivity index (χ4v) is 0.402. The molecule has 0 aliphatic rings. The van der Waals surface area contributed by atoms with Gasteiger partial charge in [0.15, 0.2) is 0 Å². The van der Waals surface area contributed by atoms with E-state index in [9.17, 15) is 9.59 Å². The van der Waals surface area contributed by atoms with Gasteiger partial charge in [-0.1, -0.05) is 0 Å². The van der Waals surface area contributed by atoms with Gasteiger partial charge in [0.05, 0.1) is 0 Å². The van der Waals surface area contributed by atoms with Crippen molar-refractivity contribution in [2.75, 3.05) is 0 Å². The Morgan fingerprint density at radius 1 is 1.07 bits per heavy atom. The van der Waals surface area contributed by atoms with E-state index in [0.29, 0.717) is 0 Å². The summed E-state index contributed by atoms with van der Waals surface area (Å²) < 4.78 is 0. The fraction of sp³-hybridized carbons (Fsp3) is 0.600. The molecule has 0 aliphatic carbocycles. The molecule has 0 aromatic heterocycles. The zero-order chi connectivity index (χ0) is 8.15. The zero-order valence-corrected chi connectivity index (χ0v) is 5.28. The van der Waals surface area contributed by atoms with E-state index in [-0.39, 0.29) is 131 Å². The first-order chi connectivity index (χ1) is 4.54. The van der Waals surface area contributed by atoms with Gasteiger partial charge in [0.2, 0.25) is 0 Å². The predicted octanol–water partition coefficient (Wildman–Crippen LogP) is -3.33. The van der Waals surface area contributed by atoms with Crippen LogP contribution in [-0.2, 0) is 9.59 Å². The molecule has 0 unspecified atom stereocenters. The normalized spacial score (nSPS) is 8.93. The molecule has 0 saturated heterocycles. The Labute approximate surface area is 171 Å². The van der Waals surface area contributed by atoms with Gasteiger partial charge in [0.25, 0.3) is 0 Å². The number of rotatable bonds is 4. The number of carboxylic acids is 2. The average molecular weight is 243 g/mol. The van der Waals surface area contributed by atoms with Gasteiger partial charge in [-0.25, -0.2) is 0 Å². The van der Waals surface area contributed by atoms with Crippen molar-refractivity contribution >= 4 is 130 Å². The summed E-state index contributed by atoms with van der Waals surface area (Å²) in [4.78, 5) is 19.9. The Kier molecular flexibility index (Phi) is 39.4. The molecule has 9 heteroatoms. The van der Waals surface area contributed by atoms with Gasteiger partial charge in [-0.3, -0.25) is 9.59 Å². The van der Waals surface area contributed by atoms with Gasteiger partial charge in [-0.15, -0.1) is 0 Å². The molecule has 0 heterocycles. The number of nitrogens with two attached hydrogens (primary N) is 1. The van der Waals surface area contributed by atoms with Crippen molar-refractivity contribution in [2.24, 2.45) is 5.73 Å². The van der Waals surface area contributed by atoms with Crippen LogP contribution in [0.15, 0.2) is 0 Å². The number of hydrogen-bond donors (Lipinski definition) is 3. The first kappa shape index (κ1) is 30.2. The molecular formula is C5H13NNa4O4. The number of carbonyl (C=O) groups is 2. The SMILES string of the molecule is N[C@@H](CCC(=O)O)C(=O)O.[NaH].[NaH].[NaH].[NaH]. The van der Waals surface area contributed by atoms with Crippen LogP contribution in [0.4, 0.5) is 0 Å². The second kappa shape index (κ2) is 18.3. The van der Waals surface area contributed by atoms with Gasteiger partial charge in [-0.2, -0.15) is 0 Å². The van der Waals surface area contributed by atoms with E-state index in [1.54, 1.807) is 0 Å². The van der Waals surface area contributed by atoms with E-state index in [1.807, 2.05) is 0 Å². The molecule has 0 amide bonds. The van der Waals surface area contributed by atoms with Crippen LogP contribution in [0.3, 0.4) is 0 Å². The second-order valence-electron chi connectivity index (χ2n) is 1.88. The molecule has 0 bridgehead atoms. The summed E-state index contributed by atoms with van der Waals surface area (Å²) >= 11 is 0. The number of hydrogen-bond acceptors (Lipinski definition) is 3. The average Bonchev–Trinajstić information content (AvgIpc) is 1.82. The molecule has 0 saturated carbocycles. The minimum absolute atomic E-state index is 0. The Hall–Kier alpha value is 2.90. The topological polar surface area (TPSA) is 101 Å². The van der Waals surface area contributed by atoms with E-state index in [1.165, 1.54) is 0 Å². The molecule has 4 N–H and O–H groups in total. The quantitative estimate of drug-likeness (QED) is 0.448. The van der Waals surface area contributed by atoms with Gasteiger partial charge in [0.1, 0.15) is 6.04 Å². The van der Waals surface area contributed by atoms with Crippen LogP contribution >= 0.6 is 0 Å². The molecule has 0 radical (unpaired) electrons. The molecule has 0 aromatic carbocycles. The van der Waals surface area contributed by atoms with Crippen LogP contribution < -0.4 is 5.73 Å². The molecule has 5 nitrogen and oxygen atoms in total. The van der Waals surface area contributed by atoms with Gasteiger partial charge in [0, 0.05) is 6.42 Å². The van der Waals surface area contributed by atoms with Crippen LogP contribution in [0.25, 0.3) is 0 Å². The van der Waals surface area contributed by atoms with E-state index >= 15 is 0 Å². The Balaban J connectivity index is -0.0000000675. The number of aliphatic carboxylic acids is 2. The Bertz CT molecular complexity index is 157. The summed E-state index contributed by atoms with van der Waals surface area (Å²) in [5.41, 5.74) is 5.00. The maximum absolute atomic E-state index is 9.99. The minimum atomic E-state index is -1.17. The molecule has 0 aliphatic heterocycles. The first-order valence-electron chi connectivity index (χ1n) is 2.74. The van der Waals surface area contributed by atoms with Crippen molar-refractivity contribution in [1.29, 1.82) is 0 Å². The molecule has 14 heavy (non-hydrogen) atoms. The predicted molar refractivity (Wildman–Crippen MR) is 61.1 cm³/mol. The molecule has 0 spiro atoms. The molecule has 0 fully saturated rings. The van der Waals surface area contributed by atoms with Gasteiger partial charge in [-0.05, 0) is 6.42 Å². The zero-order valence-electron chi connectivity index (χ0n) is 5.28. The summed E-state index contributed by atoms with van der Waals surface area (Å²) in [5, 5.41) is 16.3. The fourth-order valence-electron chi connectivity index (χ4n) is 0.402. The summed E-state index contributed by atoms with van der Waals surface area (Å²) in [6.07, 6.45) is -0.224. The van der Waals surface area contributed by atoms with Crippen LogP contribution in [0.2, 0.25) is 0 Å². The summed E-state index contributed by atoms with van der Waals surface area (Å²) in [6.45, 7) is 0. The van der Waals surface area contributed by atoms with Crippen molar-refractivity contribution in [2.45, 2.75) is 18.9 Å². The van der Waals surface area contributed by atoms with E-state index in [0.717, 1.165) is 0 Å². The van der Waals surface area contributed by atoms with Crippen LogP contribution in [0, 0.1) is 0 Å². The van der Waals surface area contributed by atoms with Crippen molar-refractivity contribution < 1.29 is 19.8 Å². The van der Waals surface area contributed by atoms with Crippen LogP contribution in [0.1, 0.15) is 12.8 Å². The van der Waals surface area contributed by atoms with E-state index in [2.05, 4.69) is 0 Å². The molecule has 1 atom stereocenters. The monoisotopic (exact) mass is 243 g/mol. The number of carboxylic acid groups (broad SMARTS) is 2. The van der Waals surface area contributed by atoms with Crippen molar-refractivity contribution in [3.8, 4) is 0 Å². The molecule has 0 aromatic rings. The van der Waals surface area contributed by atoms with Crippen LogP contribution in [-0.4, -0.2) is 146 Å². The molecular weight excluding hydrogens is 230 g/mol.